The van der Waals surface area contributed by atoms with Gasteiger partial charge < -0.3 is 10.4 Å². The minimum atomic E-state index is 0.361. The summed E-state index contributed by atoms with van der Waals surface area (Å²) >= 11 is 0. The van der Waals surface area contributed by atoms with Crippen molar-refractivity contribution in [1.29, 1.82) is 0 Å². The van der Waals surface area contributed by atoms with Crippen LogP contribution in [-0.2, 0) is 12.8 Å². The predicted molar refractivity (Wildman–Crippen MR) is 87.4 cm³/mol. The molecule has 3 atom stereocenters. The second kappa shape index (κ2) is 6.93. The van der Waals surface area contributed by atoms with E-state index in [4.69, 9.17) is 0 Å². The van der Waals surface area contributed by atoms with Gasteiger partial charge in [-0.25, -0.2) is 0 Å². The summed E-state index contributed by atoms with van der Waals surface area (Å²) in [5, 5.41) is 13.1. The number of hydrogen-bond acceptors (Lipinski definition) is 2. The number of hydrogen-bond donors (Lipinski definition) is 2. The molecule has 2 N–H and O–H groups in total. The molecule has 0 bridgehead atoms. The topological polar surface area (TPSA) is 32.3 Å². The molecule has 0 saturated heterocycles. The standard InChI is InChI=1S/C19H29NO/c1-14(20-12-18-7-4-8-19(18)13-21)16-10-9-15-5-2-3-6-17(15)11-16/h9-11,14,18-21H,2-8,12-13H2,1H3. The third-order valence-electron chi connectivity index (χ3n) is 5.61. The molecule has 0 aliphatic heterocycles. The van der Waals surface area contributed by atoms with Crippen molar-refractivity contribution in [2.24, 2.45) is 11.8 Å². The number of aliphatic hydroxyl groups is 1. The highest BCUT2D eigenvalue weighted by Gasteiger charge is 2.26. The van der Waals surface area contributed by atoms with Crippen LogP contribution >= 0.6 is 0 Å². The largest absolute Gasteiger partial charge is 0.396 e. The van der Waals surface area contributed by atoms with E-state index in [9.17, 15) is 5.11 Å². The van der Waals surface area contributed by atoms with E-state index < -0.39 is 0 Å². The lowest BCUT2D eigenvalue weighted by molar-refractivity contribution is 0.190. The second-order valence-electron chi connectivity index (χ2n) is 7.00. The van der Waals surface area contributed by atoms with Gasteiger partial charge in [0.05, 0.1) is 0 Å². The van der Waals surface area contributed by atoms with E-state index in [1.807, 2.05) is 0 Å². The lowest BCUT2D eigenvalue weighted by Gasteiger charge is -2.23. The lowest BCUT2D eigenvalue weighted by Crippen LogP contribution is -2.29. The maximum atomic E-state index is 9.42. The van der Waals surface area contributed by atoms with Gasteiger partial charge in [0.1, 0.15) is 0 Å². The van der Waals surface area contributed by atoms with Gasteiger partial charge in [0.15, 0.2) is 0 Å². The fourth-order valence-electron chi connectivity index (χ4n) is 4.09. The van der Waals surface area contributed by atoms with Crippen LogP contribution in [0.2, 0.25) is 0 Å². The molecule has 0 spiro atoms. The molecular weight excluding hydrogens is 258 g/mol. The smallest absolute Gasteiger partial charge is 0.0462 e. The maximum absolute atomic E-state index is 9.42. The van der Waals surface area contributed by atoms with Gasteiger partial charge in [0, 0.05) is 12.6 Å². The quantitative estimate of drug-likeness (QED) is 0.867. The van der Waals surface area contributed by atoms with Crippen LogP contribution in [0, 0.1) is 11.8 Å². The number of fused-ring (bicyclic) bond motifs is 1. The molecule has 116 valence electrons. The van der Waals surface area contributed by atoms with Crippen LogP contribution < -0.4 is 5.32 Å². The first kappa shape index (κ1) is 15.1. The highest BCUT2D eigenvalue weighted by molar-refractivity contribution is 5.35. The molecule has 2 nitrogen and oxygen atoms in total. The van der Waals surface area contributed by atoms with Gasteiger partial charge >= 0.3 is 0 Å². The molecule has 0 aromatic heterocycles. The number of rotatable bonds is 5. The Kier molecular flexibility index (Phi) is 4.97. The molecule has 3 rings (SSSR count). The van der Waals surface area contributed by atoms with Crippen molar-refractivity contribution >= 4 is 0 Å². The first-order valence-electron chi connectivity index (χ1n) is 8.74. The van der Waals surface area contributed by atoms with Crippen LogP contribution in [0.3, 0.4) is 0 Å². The molecule has 2 aliphatic rings. The summed E-state index contributed by atoms with van der Waals surface area (Å²) in [4.78, 5) is 0. The number of nitrogens with one attached hydrogen (secondary N) is 1. The van der Waals surface area contributed by atoms with E-state index in [0.29, 0.717) is 24.5 Å². The predicted octanol–water partition coefficient (Wildman–Crippen LogP) is 3.62. The highest BCUT2D eigenvalue weighted by Crippen LogP contribution is 2.31. The average Bonchev–Trinajstić information content (AvgIpc) is 2.99. The molecule has 1 aromatic carbocycles. The Morgan fingerprint density at radius 1 is 1.10 bits per heavy atom. The molecule has 3 unspecified atom stereocenters. The normalized spacial score (nSPS) is 26.6. The second-order valence-corrected chi connectivity index (χ2v) is 7.00. The summed E-state index contributed by atoms with van der Waals surface area (Å²) in [7, 11) is 0. The molecule has 1 fully saturated rings. The Morgan fingerprint density at radius 2 is 1.86 bits per heavy atom. The molecule has 0 amide bonds. The van der Waals surface area contributed by atoms with Gasteiger partial charge in [-0.3, -0.25) is 0 Å². The molecule has 1 saturated carbocycles. The Balaban J connectivity index is 1.59. The highest BCUT2D eigenvalue weighted by atomic mass is 16.3. The van der Waals surface area contributed by atoms with Crippen LogP contribution in [0.5, 0.6) is 0 Å². The molecule has 21 heavy (non-hydrogen) atoms. The Hall–Kier alpha value is -0.860. The molecule has 0 radical (unpaired) electrons. The van der Waals surface area contributed by atoms with Crippen molar-refractivity contribution < 1.29 is 5.11 Å². The minimum absolute atomic E-state index is 0.361. The van der Waals surface area contributed by atoms with E-state index in [-0.39, 0.29) is 0 Å². The maximum Gasteiger partial charge on any atom is 0.0462 e. The Morgan fingerprint density at radius 3 is 2.67 bits per heavy atom. The zero-order valence-corrected chi connectivity index (χ0v) is 13.3. The summed E-state index contributed by atoms with van der Waals surface area (Å²) in [5.41, 5.74) is 4.56. The first-order valence-corrected chi connectivity index (χ1v) is 8.74. The van der Waals surface area contributed by atoms with Crippen LogP contribution in [0.15, 0.2) is 18.2 Å². The number of aryl methyl sites for hydroxylation is 2. The van der Waals surface area contributed by atoms with Gasteiger partial charge in [-0.05, 0) is 80.5 Å². The summed E-state index contributed by atoms with van der Waals surface area (Å²) in [6.45, 7) is 3.68. The van der Waals surface area contributed by atoms with Crippen molar-refractivity contribution in [2.45, 2.75) is 57.9 Å². The van der Waals surface area contributed by atoms with E-state index in [2.05, 4.69) is 30.4 Å². The molecule has 0 heterocycles. The first-order chi connectivity index (χ1) is 10.3. The zero-order valence-electron chi connectivity index (χ0n) is 13.3. The van der Waals surface area contributed by atoms with Gasteiger partial charge in [0.25, 0.3) is 0 Å². The fraction of sp³-hybridized carbons (Fsp3) is 0.684. The van der Waals surface area contributed by atoms with Crippen molar-refractivity contribution in [2.75, 3.05) is 13.2 Å². The third kappa shape index (κ3) is 3.49. The summed E-state index contributed by atoms with van der Waals surface area (Å²) < 4.78 is 0. The number of benzene rings is 1. The third-order valence-corrected chi connectivity index (χ3v) is 5.61. The summed E-state index contributed by atoms with van der Waals surface area (Å²) in [5.74, 6) is 1.18. The van der Waals surface area contributed by atoms with Gasteiger partial charge in [-0.2, -0.15) is 0 Å². The zero-order chi connectivity index (χ0) is 14.7. The molecule has 1 aromatic rings. The van der Waals surface area contributed by atoms with Gasteiger partial charge in [-0.15, -0.1) is 0 Å². The van der Waals surface area contributed by atoms with Crippen LogP contribution in [0.4, 0.5) is 0 Å². The Labute approximate surface area is 129 Å². The van der Waals surface area contributed by atoms with Crippen LogP contribution in [0.1, 0.15) is 61.8 Å². The van der Waals surface area contributed by atoms with Crippen molar-refractivity contribution in [3.8, 4) is 0 Å². The Bertz CT molecular complexity index is 471. The van der Waals surface area contributed by atoms with Gasteiger partial charge in [-0.1, -0.05) is 24.6 Å². The van der Waals surface area contributed by atoms with Gasteiger partial charge in [0.2, 0.25) is 0 Å². The number of aliphatic hydroxyl groups excluding tert-OH is 1. The monoisotopic (exact) mass is 287 g/mol. The van der Waals surface area contributed by atoms with E-state index in [1.165, 1.54) is 50.5 Å². The average molecular weight is 287 g/mol. The fourth-order valence-corrected chi connectivity index (χ4v) is 4.09. The molecule has 2 heteroatoms. The molecule has 2 aliphatic carbocycles. The lowest BCUT2D eigenvalue weighted by atomic mass is 9.89. The van der Waals surface area contributed by atoms with E-state index in [0.717, 1.165) is 6.54 Å². The van der Waals surface area contributed by atoms with Crippen LogP contribution in [0.25, 0.3) is 0 Å². The van der Waals surface area contributed by atoms with Crippen molar-refractivity contribution in [3.63, 3.8) is 0 Å². The van der Waals surface area contributed by atoms with Crippen molar-refractivity contribution in [3.05, 3.63) is 34.9 Å². The molecular formula is C19H29NO. The summed E-state index contributed by atoms with van der Waals surface area (Å²) in [6, 6.07) is 7.48. The van der Waals surface area contributed by atoms with Crippen LogP contribution in [-0.4, -0.2) is 18.3 Å². The summed E-state index contributed by atoms with van der Waals surface area (Å²) in [6.07, 6.45) is 8.97. The SMILES string of the molecule is CC(NCC1CCCC1CO)c1ccc2c(c1)CCCC2. The minimum Gasteiger partial charge on any atom is -0.396 e. The van der Waals surface area contributed by atoms with E-state index in [1.54, 1.807) is 11.1 Å². The van der Waals surface area contributed by atoms with Crippen molar-refractivity contribution in [1.82, 2.24) is 5.32 Å². The van der Waals surface area contributed by atoms with E-state index >= 15 is 0 Å².